The van der Waals surface area contributed by atoms with E-state index in [9.17, 15) is 14.9 Å². The number of carboxylic acids is 1. The van der Waals surface area contributed by atoms with Crippen LogP contribution in [0.15, 0.2) is 18.2 Å². The van der Waals surface area contributed by atoms with Crippen molar-refractivity contribution in [3.8, 4) is 0 Å². The number of carboxylic acid groups (broad SMARTS) is 1. The van der Waals surface area contributed by atoms with Crippen LogP contribution in [0.1, 0.15) is 19.4 Å². The number of benzene rings is 1. The van der Waals surface area contributed by atoms with E-state index < -0.39 is 16.4 Å². The molecule has 0 radical (unpaired) electrons. The molecule has 0 atom stereocenters. The van der Waals surface area contributed by atoms with E-state index in [0.717, 1.165) is 5.56 Å². The minimum atomic E-state index is -1.26. The summed E-state index contributed by atoms with van der Waals surface area (Å²) >= 11 is 0. The van der Waals surface area contributed by atoms with Gasteiger partial charge >= 0.3 is 5.97 Å². The number of anilines is 1. The maximum Gasteiger partial charge on any atom is 0.328 e. The third-order valence-electron chi connectivity index (χ3n) is 2.33. The highest BCUT2D eigenvalue weighted by Gasteiger charge is 2.29. The predicted octanol–water partition coefficient (Wildman–Crippen LogP) is 2.18. The summed E-state index contributed by atoms with van der Waals surface area (Å²) < 4.78 is 0. The Hall–Kier alpha value is -2.11. The Morgan fingerprint density at radius 2 is 2.06 bits per heavy atom. The van der Waals surface area contributed by atoms with Gasteiger partial charge in [0.05, 0.1) is 4.92 Å². The minimum absolute atomic E-state index is 0.126. The molecule has 0 aliphatic heterocycles. The lowest BCUT2D eigenvalue weighted by molar-refractivity contribution is -0.384. The molecule has 1 aromatic carbocycles. The molecule has 0 saturated carbocycles. The van der Waals surface area contributed by atoms with Crippen molar-refractivity contribution in [2.75, 3.05) is 5.32 Å². The van der Waals surface area contributed by atoms with Gasteiger partial charge in [0.15, 0.2) is 0 Å². The Labute approximate surface area is 98.4 Å². The second kappa shape index (κ2) is 4.40. The fraction of sp³-hybridized carbons (Fsp3) is 0.364. The predicted molar refractivity (Wildman–Crippen MR) is 63.2 cm³/mol. The molecule has 0 aliphatic carbocycles. The molecule has 0 bridgehead atoms. The molecular weight excluding hydrogens is 224 g/mol. The maximum absolute atomic E-state index is 10.9. The van der Waals surface area contributed by atoms with E-state index in [1.54, 1.807) is 13.0 Å². The minimum Gasteiger partial charge on any atom is -0.480 e. The van der Waals surface area contributed by atoms with Gasteiger partial charge in [0.25, 0.3) is 5.69 Å². The van der Waals surface area contributed by atoms with E-state index in [0.29, 0.717) is 0 Å². The van der Waals surface area contributed by atoms with Gasteiger partial charge in [-0.05, 0) is 32.4 Å². The van der Waals surface area contributed by atoms with E-state index in [2.05, 4.69) is 5.32 Å². The van der Waals surface area contributed by atoms with Gasteiger partial charge in [-0.25, -0.2) is 4.79 Å². The molecule has 92 valence electrons. The molecule has 17 heavy (non-hydrogen) atoms. The van der Waals surface area contributed by atoms with Crippen LogP contribution in [0.25, 0.3) is 0 Å². The summed E-state index contributed by atoms with van der Waals surface area (Å²) in [6, 6.07) is 4.60. The molecule has 0 amide bonds. The van der Waals surface area contributed by atoms with Crippen LogP contribution in [-0.4, -0.2) is 21.5 Å². The zero-order valence-corrected chi connectivity index (χ0v) is 9.85. The first-order valence-electron chi connectivity index (χ1n) is 5.00. The SMILES string of the molecule is Cc1ccc(NC(C)(C)C(=O)O)c([N+](=O)[O-])c1. The zero-order chi connectivity index (χ0) is 13.2. The van der Waals surface area contributed by atoms with Crippen LogP contribution >= 0.6 is 0 Å². The van der Waals surface area contributed by atoms with Gasteiger partial charge < -0.3 is 10.4 Å². The van der Waals surface area contributed by atoms with Gasteiger partial charge in [-0.2, -0.15) is 0 Å². The molecule has 2 N–H and O–H groups in total. The third kappa shape index (κ3) is 2.93. The van der Waals surface area contributed by atoms with Crippen molar-refractivity contribution in [2.24, 2.45) is 0 Å². The number of nitrogens with zero attached hydrogens (tertiary/aromatic N) is 1. The summed E-state index contributed by atoms with van der Waals surface area (Å²) in [6.45, 7) is 4.62. The molecule has 6 heteroatoms. The Bertz CT molecular complexity index is 469. The summed E-state index contributed by atoms with van der Waals surface area (Å²) in [5.41, 5.74) is -0.442. The van der Waals surface area contributed by atoms with Crippen LogP contribution < -0.4 is 5.32 Å². The van der Waals surface area contributed by atoms with E-state index in [4.69, 9.17) is 5.11 Å². The summed E-state index contributed by atoms with van der Waals surface area (Å²) in [6.07, 6.45) is 0. The van der Waals surface area contributed by atoms with Crippen molar-refractivity contribution in [2.45, 2.75) is 26.3 Å². The molecule has 0 spiro atoms. The topological polar surface area (TPSA) is 92.5 Å². The molecule has 1 aromatic rings. The van der Waals surface area contributed by atoms with E-state index in [-0.39, 0.29) is 11.4 Å². The second-order valence-electron chi connectivity index (χ2n) is 4.33. The maximum atomic E-state index is 10.9. The smallest absolute Gasteiger partial charge is 0.328 e. The Morgan fingerprint density at radius 1 is 1.47 bits per heavy atom. The molecule has 1 rings (SSSR count). The quantitative estimate of drug-likeness (QED) is 0.619. The lowest BCUT2D eigenvalue weighted by Crippen LogP contribution is -2.40. The van der Waals surface area contributed by atoms with Crippen molar-refractivity contribution in [1.82, 2.24) is 0 Å². The Balaban J connectivity index is 3.15. The lowest BCUT2D eigenvalue weighted by atomic mass is 10.0. The lowest BCUT2D eigenvalue weighted by Gasteiger charge is -2.22. The monoisotopic (exact) mass is 238 g/mol. The van der Waals surface area contributed by atoms with Gasteiger partial charge in [0.2, 0.25) is 0 Å². The molecule has 6 nitrogen and oxygen atoms in total. The first kappa shape index (κ1) is 13.0. The number of hydrogen-bond donors (Lipinski definition) is 2. The number of rotatable bonds is 4. The number of aryl methyl sites for hydroxylation is 1. The number of hydrogen-bond acceptors (Lipinski definition) is 4. The molecule has 0 saturated heterocycles. The average molecular weight is 238 g/mol. The van der Waals surface area contributed by atoms with E-state index in [1.165, 1.54) is 26.0 Å². The normalized spacial score (nSPS) is 11.0. The van der Waals surface area contributed by atoms with Crippen LogP contribution in [0.5, 0.6) is 0 Å². The molecule has 0 fully saturated rings. The highest BCUT2D eigenvalue weighted by molar-refractivity contribution is 5.83. The fourth-order valence-electron chi connectivity index (χ4n) is 1.29. The number of nitrogens with one attached hydrogen (secondary N) is 1. The molecular formula is C11H14N2O4. The number of aliphatic carboxylic acids is 1. The Morgan fingerprint density at radius 3 is 2.53 bits per heavy atom. The third-order valence-corrected chi connectivity index (χ3v) is 2.33. The molecule has 0 aromatic heterocycles. The highest BCUT2D eigenvalue weighted by Crippen LogP contribution is 2.28. The zero-order valence-electron chi connectivity index (χ0n) is 9.85. The van der Waals surface area contributed by atoms with Crippen LogP contribution in [0.2, 0.25) is 0 Å². The Kier molecular flexibility index (Phi) is 3.36. The molecule has 0 aliphatic rings. The van der Waals surface area contributed by atoms with Crippen molar-refractivity contribution in [1.29, 1.82) is 0 Å². The van der Waals surface area contributed by atoms with Gasteiger partial charge in [-0.15, -0.1) is 0 Å². The number of nitro benzene ring substituents is 1. The summed E-state index contributed by atoms with van der Waals surface area (Å²) in [5, 5.41) is 22.5. The van der Waals surface area contributed by atoms with E-state index >= 15 is 0 Å². The second-order valence-corrected chi connectivity index (χ2v) is 4.33. The number of carbonyl (C=O) groups is 1. The van der Waals surface area contributed by atoms with Crippen LogP contribution in [-0.2, 0) is 4.79 Å². The van der Waals surface area contributed by atoms with Gasteiger partial charge in [-0.3, -0.25) is 10.1 Å². The van der Waals surface area contributed by atoms with Crippen LogP contribution in [0.3, 0.4) is 0 Å². The first-order chi connectivity index (χ1) is 7.74. The standard InChI is InChI=1S/C11H14N2O4/c1-7-4-5-8(9(6-7)13(16)17)12-11(2,3)10(14)15/h4-6,12H,1-3H3,(H,14,15). The van der Waals surface area contributed by atoms with Crippen molar-refractivity contribution < 1.29 is 14.8 Å². The largest absolute Gasteiger partial charge is 0.480 e. The van der Waals surface area contributed by atoms with Crippen LogP contribution in [0.4, 0.5) is 11.4 Å². The fourth-order valence-corrected chi connectivity index (χ4v) is 1.29. The summed E-state index contributed by atoms with van der Waals surface area (Å²) in [4.78, 5) is 21.3. The summed E-state index contributed by atoms with van der Waals surface area (Å²) in [5.74, 6) is -1.08. The first-order valence-corrected chi connectivity index (χ1v) is 5.00. The van der Waals surface area contributed by atoms with Crippen molar-refractivity contribution >= 4 is 17.3 Å². The number of nitro groups is 1. The molecule has 0 heterocycles. The van der Waals surface area contributed by atoms with Gasteiger partial charge in [0, 0.05) is 6.07 Å². The average Bonchev–Trinajstić information content (AvgIpc) is 2.19. The molecule has 0 unspecified atom stereocenters. The summed E-state index contributed by atoms with van der Waals surface area (Å²) in [7, 11) is 0. The van der Waals surface area contributed by atoms with Gasteiger partial charge in [0.1, 0.15) is 11.2 Å². The highest BCUT2D eigenvalue weighted by atomic mass is 16.6. The van der Waals surface area contributed by atoms with E-state index in [1.807, 2.05) is 0 Å². The van der Waals surface area contributed by atoms with Crippen LogP contribution in [0, 0.1) is 17.0 Å². The van der Waals surface area contributed by atoms with Crippen molar-refractivity contribution in [3.05, 3.63) is 33.9 Å². The van der Waals surface area contributed by atoms with Crippen molar-refractivity contribution in [3.63, 3.8) is 0 Å². The van der Waals surface area contributed by atoms with Gasteiger partial charge in [-0.1, -0.05) is 6.07 Å².